The van der Waals surface area contributed by atoms with Crippen LogP contribution in [0.15, 0.2) is 33.9 Å². The third-order valence-electron chi connectivity index (χ3n) is 5.53. The van der Waals surface area contributed by atoms with Crippen molar-refractivity contribution in [1.82, 2.24) is 9.55 Å². The number of rotatable bonds is 9. The highest BCUT2D eigenvalue weighted by Gasteiger charge is 2.17. The van der Waals surface area contributed by atoms with Crippen LogP contribution in [0.3, 0.4) is 0 Å². The van der Waals surface area contributed by atoms with E-state index in [4.69, 9.17) is 10.5 Å². The SMILES string of the molecule is CCCCn1c(N)c(N(C)CCC(=O)Nc2ccc(N3CCOCC3)cc2)c(=O)[nH]c1=O. The van der Waals surface area contributed by atoms with Crippen LogP contribution in [0.5, 0.6) is 0 Å². The Bertz CT molecular complexity index is 1020. The molecule has 1 aliphatic heterocycles. The third kappa shape index (κ3) is 5.70. The first-order valence-electron chi connectivity index (χ1n) is 11.0. The van der Waals surface area contributed by atoms with Gasteiger partial charge in [0.15, 0.2) is 0 Å². The van der Waals surface area contributed by atoms with Crippen LogP contribution in [-0.2, 0) is 16.1 Å². The van der Waals surface area contributed by atoms with Gasteiger partial charge in [-0.25, -0.2) is 4.79 Å². The van der Waals surface area contributed by atoms with Crippen molar-refractivity contribution in [3.8, 4) is 0 Å². The number of morpholine rings is 1. The van der Waals surface area contributed by atoms with Crippen molar-refractivity contribution < 1.29 is 9.53 Å². The van der Waals surface area contributed by atoms with Crippen molar-refractivity contribution in [1.29, 1.82) is 0 Å². The number of nitrogens with two attached hydrogens (primary N) is 1. The van der Waals surface area contributed by atoms with E-state index < -0.39 is 11.2 Å². The molecule has 4 N–H and O–H groups in total. The summed E-state index contributed by atoms with van der Waals surface area (Å²) in [5.41, 5.74) is 7.05. The van der Waals surface area contributed by atoms with Crippen LogP contribution in [0.4, 0.5) is 22.9 Å². The first kappa shape index (κ1) is 23.4. The summed E-state index contributed by atoms with van der Waals surface area (Å²) < 4.78 is 6.74. The van der Waals surface area contributed by atoms with E-state index in [1.807, 2.05) is 31.2 Å². The quantitative estimate of drug-likeness (QED) is 0.531. The molecule has 1 fully saturated rings. The van der Waals surface area contributed by atoms with Gasteiger partial charge in [0.1, 0.15) is 11.5 Å². The van der Waals surface area contributed by atoms with Gasteiger partial charge >= 0.3 is 5.69 Å². The number of nitrogen functional groups attached to an aromatic ring is 1. The second-order valence-corrected chi connectivity index (χ2v) is 7.86. The molecule has 1 aliphatic rings. The first-order chi connectivity index (χ1) is 15.4. The number of carbonyl (C=O) groups excluding carboxylic acids is 1. The fraction of sp³-hybridized carbons (Fsp3) is 0.500. The molecule has 3 rings (SSSR count). The van der Waals surface area contributed by atoms with Gasteiger partial charge in [0.05, 0.1) is 13.2 Å². The van der Waals surface area contributed by atoms with Crippen LogP contribution in [0.25, 0.3) is 0 Å². The van der Waals surface area contributed by atoms with Crippen molar-refractivity contribution in [2.75, 3.05) is 60.7 Å². The number of unbranched alkanes of at least 4 members (excludes halogenated alkanes) is 1. The smallest absolute Gasteiger partial charge is 0.330 e. The Morgan fingerprint density at radius 2 is 1.91 bits per heavy atom. The molecule has 1 aromatic carbocycles. The number of hydrogen-bond donors (Lipinski definition) is 3. The number of anilines is 4. The molecule has 2 heterocycles. The fourth-order valence-electron chi connectivity index (χ4n) is 3.67. The molecule has 10 nitrogen and oxygen atoms in total. The van der Waals surface area contributed by atoms with Gasteiger partial charge in [-0.2, -0.15) is 0 Å². The van der Waals surface area contributed by atoms with E-state index >= 15 is 0 Å². The molecule has 2 aromatic rings. The number of H-pyrrole nitrogens is 1. The molecule has 0 aliphatic carbocycles. The van der Waals surface area contributed by atoms with Gasteiger partial charge in [-0.3, -0.25) is 19.1 Å². The number of benzene rings is 1. The summed E-state index contributed by atoms with van der Waals surface area (Å²) in [6.07, 6.45) is 1.82. The van der Waals surface area contributed by atoms with E-state index in [1.165, 1.54) is 4.57 Å². The van der Waals surface area contributed by atoms with Gasteiger partial charge < -0.3 is 25.6 Å². The molecular weight excluding hydrogens is 412 g/mol. The molecule has 174 valence electrons. The predicted octanol–water partition coefficient (Wildman–Crippen LogP) is 1.22. The summed E-state index contributed by atoms with van der Waals surface area (Å²) >= 11 is 0. The van der Waals surface area contributed by atoms with E-state index in [9.17, 15) is 14.4 Å². The predicted molar refractivity (Wildman–Crippen MR) is 127 cm³/mol. The van der Waals surface area contributed by atoms with Crippen LogP contribution in [0.1, 0.15) is 26.2 Å². The highest BCUT2D eigenvalue weighted by atomic mass is 16.5. The number of nitrogens with one attached hydrogen (secondary N) is 2. The highest BCUT2D eigenvalue weighted by molar-refractivity contribution is 5.91. The average molecular weight is 445 g/mol. The maximum absolute atomic E-state index is 12.4. The summed E-state index contributed by atoms with van der Waals surface area (Å²) in [6, 6.07) is 7.71. The van der Waals surface area contributed by atoms with Crippen LogP contribution < -0.4 is 32.1 Å². The average Bonchev–Trinajstić information content (AvgIpc) is 2.78. The lowest BCUT2D eigenvalue weighted by molar-refractivity contribution is -0.116. The minimum atomic E-state index is -0.554. The van der Waals surface area contributed by atoms with E-state index in [2.05, 4.69) is 15.2 Å². The first-order valence-corrected chi connectivity index (χ1v) is 11.0. The zero-order valence-electron chi connectivity index (χ0n) is 18.7. The fourth-order valence-corrected chi connectivity index (χ4v) is 3.67. The zero-order valence-corrected chi connectivity index (χ0v) is 18.7. The van der Waals surface area contributed by atoms with E-state index in [-0.39, 0.29) is 30.4 Å². The standard InChI is InChI=1S/C22H32N6O4/c1-3-4-10-28-20(23)19(21(30)25-22(28)31)26(2)11-9-18(29)24-16-5-7-17(8-6-16)27-12-14-32-15-13-27/h5-8H,3-4,9-15,23H2,1-2H3,(H,24,29)(H,25,30,31). The Balaban J connectivity index is 1.59. The van der Waals surface area contributed by atoms with Gasteiger partial charge in [0.2, 0.25) is 5.91 Å². The van der Waals surface area contributed by atoms with Crippen LogP contribution in [0.2, 0.25) is 0 Å². The molecule has 1 amide bonds. The monoisotopic (exact) mass is 444 g/mol. The summed E-state index contributed by atoms with van der Waals surface area (Å²) in [5.74, 6) is -0.0564. The Hall–Kier alpha value is -3.27. The molecule has 0 saturated carbocycles. The number of aromatic nitrogens is 2. The topological polar surface area (TPSA) is 126 Å². The second-order valence-electron chi connectivity index (χ2n) is 7.86. The van der Waals surface area contributed by atoms with Crippen molar-refractivity contribution in [3.05, 3.63) is 45.1 Å². The Kier molecular flexibility index (Phi) is 7.93. The second kappa shape index (κ2) is 10.9. The van der Waals surface area contributed by atoms with Crippen LogP contribution >= 0.6 is 0 Å². The third-order valence-corrected chi connectivity index (χ3v) is 5.53. The molecule has 0 unspecified atom stereocenters. The molecule has 10 heteroatoms. The van der Waals surface area contributed by atoms with Crippen molar-refractivity contribution in [3.63, 3.8) is 0 Å². The minimum absolute atomic E-state index is 0.119. The summed E-state index contributed by atoms with van der Waals surface area (Å²) in [4.78, 5) is 43.0. The molecule has 1 aromatic heterocycles. The maximum atomic E-state index is 12.4. The normalized spacial score (nSPS) is 13.8. The minimum Gasteiger partial charge on any atom is -0.383 e. The molecule has 32 heavy (non-hydrogen) atoms. The van der Waals surface area contributed by atoms with Crippen molar-refractivity contribution >= 4 is 28.8 Å². The lowest BCUT2D eigenvalue weighted by Gasteiger charge is -2.28. The summed E-state index contributed by atoms with van der Waals surface area (Å²) in [5, 5.41) is 2.88. The van der Waals surface area contributed by atoms with Crippen molar-refractivity contribution in [2.24, 2.45) is 0 Å². The number of hydrogen-bond acceptors (Lipinski definition) is 7. The number of carbonyl (C=O) groups is 1. The summed E-state index contributed by atoms with van der Waals surface area (Å²) in [6.45, 7) is 5.86. The van der Waals surface area contributed by atoms with Gasteiger partial charge in [0.25, 0.3) is 5.56 Å². The maximum Gasteiger partial charge on any atom is 0.330 e. The number of nitrogens with zero attached hydrogens (tertiary/aromatic N) is 3. The lowest BCUT2D eigenvalue weighted by atomic mass is 10.2. The molecule has 0 atom stereocenters. The number of amides is 1. The van der Waals surface area contributed by atoms with Gasteiger partial charge in [-0.05, 0) is 30.7 Å². The van der Waals surface area contributed by atoms with Crippen LogP contribution in [-0.4, -0.2) is 55.4 Å². The molecule has 0 radical (unpaired) electrons. The van der Waals surface area contributed by atoms with Gasteiger partial charge in [0, 0.05) is 51.0 Å². The molecule has 0 bridgehead atoms. The van der Waals surface area contributed by atoms with E-state index in [0.29, 0.717) is 12.2 Å². The Morgan fingerprint density at radius 3 is 2.56 bits per heavy atom. The summed E-state index contributed by atoms with van der Waals surface area (Å²) in [7, 11) is 1.68. The van der Waals surface area contributed by atoms with E-state index in [1.54, 1.807) is 11.9 Å². The van der Waals surface area contributed by atoms with Gasteiger partial charge in [-0.15, -0.1) is 0 Å². The Labute approximate surface area is 187 Å². The molecule has 1 saturated heterocycles. The number of aromatic amines is 1. The zero-order chi connectivity index (χ0) is 23.1. The number of ether oxygens (including phenoxy) is 1. The lowest BCUT2D eigenvalue weighted by Crippen LogP contribution is -2.38. The van der Waals surface area contributed by atoms with Crippen LogP contribution in [0, 0.1) is 0 Å². The van der Waals surface area contributed by atoms with Gasteiger partial charge in [-0.1, -0.05) is 13.3 Å². The highest BCUT2D eigenvalue weighted by Crippen LogP contribution is 2.20. The largest absolute Gasteiger partial charge is 0.383 e. The van der Waals surface area contributed by atoms with Crippen molar-refractivity contribution in [2.45, 2.75) is 32.7 Å². The Morgan fingerprint density at radius 1 is 1.22 bits per heavy atom. The van der Waals surface area contributed by atoms with E-state index in [0.717, 1.165) is 44.8 Å². The molecular formula is C22H32N6O4. The molecule has 0 spiro atoms.